The molecule has 2 heterocycles. The first-order chi connectivity index (χ1) is 18.0. The summed E-state index contributed by atoms with van der Waals surface area (Å²) >= 11 is 0. The van der Waals surface area contributed by atoms with Crippen molar-refractivity contribution in [3.63, 3.8) is 0 Å². The normalized spacial score (nSPS) is 18.2. The monoisotopic (exact) mass is 491 g/mol. The van der Waals surface area contributed by atoms with Crippen LogP contribution in [0.4, 0.5) is 0 Å². The van der Waals surface area contributed by atoms with E-state index in [0.717, 1.165) is 17.7 Å². The first kappa shape index (κ1) is 24.7. The summed E-state index contributed by atoms with van der Waals surface area (Å²) in [6.45, 7) is 6.83. The molecule has 1 aliphatic heterocycles. The van der Waals surface area contributed by atoms with E-state index < -0.39 is 0 Å². The molecule has 0 spiro atoms. The molecule has 188 valence electrons. The van der Waals surface area contributed by atoms with E-state index in [4.69, 9.17) is 0 Å². The first-order valence-corrected chi connectivity index (χ1v) is 13.0. The average Bonchev–Trinajstić information content (AvgIpc) is 3.25. The van der Waals surface area contributed by atoms with Crippen molar-refractivity contribution in [2.45, 2.75) is 51.9 Å². The Hall–Kier alpha value is -3.96. The van der Waals surface area contributed by atoms with Crippen molar-refractivity contribution in [2.75, 3.05) is 0 Å². The molecule has 0 saturated carbocycles. The SMILES string of the molecule is CC[C@H](NC(=O)c1c(CN2C(C)C=CC2C)n(-c2ccccc2)c(=O)c2ccccc12)c1ccccc1. The van der Waals surface area contributed by atoms with E-state index in [1.54, 1.807) is 4.57 Å². The topological polar surface area (TPSA) is 54.3 Å². The molecular formula is C32H33N3O2. The Bertz CT molecular complexity index is 1480. The summed E-state index contributed by atoms with van der Waals surface area (Å²) in [5, 5.41) is 4.51. The average molecular weight is 492 g/mol. The van der Waals surface area contributed by atoms with Gasteiger partial charge in [0.1, 0.15) is 0 Å². The van der Waals surface area contributed by atoms with Crippen molar-refractivity contribution in [1.29, 1.82) is 0 Å². The minimum absolute atomic E-state index is 0.115. The van der Waals surface area contributed by atoms with E-state index in [1.165, 1.54) is 0 Å². The second kappa shape index (κ2) is 10.6. The van der Waals surface area contributed by atoms with Gasteiger partial charge in [0.2, 0.25) is 0 Å². The van der Waals surface area contributed by atoms with Crippen molar-refractivity contribution in [3.8, 4) is 5.69 Å². The smallest absolute Gasteiger partial charge is 0.263 e. The van der Waals surface area contributed by atoms with Crippen LogP contribution in [-0.4, -0.2) is 27.5 Å². The molecule has 1 aromatic heterocycles. The Kier molecular flexibility index (Phi) is 7.06. The lowest BCUT2D eigenvalue weighted by atomic mass is 9.99. The minimum atomic E-state index is -0.168. The third kappa shape index (κ3) is 4.75. The van der Waals surface area contributed by atoms with Crippen LogP contribution in [0.25, 0.3) is 16.5 Å². The number of pyridine rings is 1. The predicted octanol–water partition coefficient (Wildman–Crippen LogP) is 6.02. The number of carbonyl (C=O) groups is 1. The first-order valence-electron chi connectivity index (χ1n) is 13.0. The predicted molar refractivity (Wildman–Crippen MR) is 150 cm³/mol. The molecular weight excluding hydrogens is 458 g/mol. The summed E-state index contributed by atoms with van der Waals surface area (Å²) in [5.41, 5.74) is 2.96. The molecule has 1 aliphatic rings. The van der Waals surface area contributed by atoms with Crippen LogP contribution in [0.2, 0.25) is 0 Å². The number of benzene rings is 3. The standard InChI is InChI=1S/C32H33N3O2/c1-4-28(24-13-7-5-8-14-24)33-31(36)30-26-17-11-12-18-27(26)32(37)35(25-15-9-6-10-16-25)29(30)21-34-22(2)19-20-23(34)3/h5-20,22-23,28H,4,21H2,1-3H3,(H,33,36)/t22?,23?,28-/m0/s1. The van der Waals surface area contributed by atoms with Crippen LogP contribution in [0.1, 0.15) is 54.8 Å². The van der Waals surface area contributed by atoms with Crippen LogP contribution in [0.5, 0.6) is 0 Å². The summed E-state index contributed by atoms with van der Waals surface area (Å²) in [6, 6.07) is 27.4. The maximum atomic E-state index is 14.2. The lowest BCUT2D eigenvalue weighted by Crippen LogP contribution is -2.38. The Balaban J connectivity index is 1.73. The zero-order valence-electron chi connectivity index (χ0n) is 21.6. The molecule has 5 nitrogen and oxygen atoms in total. The molecule has 3 atom stereocenters. The van der Waals surface area contributed by atoms with E-state index in [-0.39, 0.29) is 29.6 Å². The number of hydrogen-bond donors (Lipinski definition) is 1. The van der Waals surface area contributed by atoms with Crippen molar-refractivity contribution in [1.82, 2.24) is 14.8 Å². The van der Waals surface area contributed by atoms with Gasteiger partial charge < -0.3 is 5.32 Å². The summed E-state index contributed by atoms with van der Waals surface area (Å²) in [4.78, 5) is 30.5. The highest BCUT2D eigenvalue weighted by Crippen LogP contribution is 2.28. The van der Waals surface area contributed by atoms with E-state index in [0.29, 0.717) is 28.6 Å². The second-order valence-corrected chi connectivity index (χ2v) is 9.73. The number of nitrogens with one attached hydrogen (secondary N) is 1. The van der Waals surface area contributed by atoms with Gasteiger partial charge in [-0.3, -0.25) is 19.1 Å². The van der Waals surface area contributed by atoms with Crippen molar-refractivity contribution in [2.24, 2.45) is 0 Å². The summed E-state index contributed by atoms with van der Waals surface area (Å²) < 4.78 is 1.73. The Labute approximate surface area is 218 Å². The van der Waals surface area contributed by atoms with Gasteiger partial charge in [-0.05, 0) is 44.0 Å². The lowest BCUT2D eigenvalue weighted by Gasteiger charge is -2.29. The number of amides is 1. The van der Waals surface area contributed by atoms with Crippen molar-refractivity contribution < 1.29 is 4.79 Å². The van der Waals surface area contributed by atoms with Gasteiger partial charge >= 0.3 is 0 Å². The maximum absolute atomic E-state index is 14.2. The van der Waals surface area contributed by atoms with E-state index in [9.17, 15) is 9.59 Å². The van der Waals surface area contributed by atoms with Gasteiger partial charge in [-0.15, -0.1) is 0 Å². The molecule has 0 saturated heterocycles. The molecule has 3 aromatic carbocycles. The van der Waals surface area contributed by atoms with Crippen LogP contribution < -0.4 is 10.9 Å². The summed E-state index contributed by atoms with van der Waals surface area (Å²) in [5.74, 6) is -0.168. The van der Waals surface area contributed by atoms with Gasteiger partial charge in [0.25, 0.3) is 11.5 Å². The van der Waals surface area contributed by atoms with Gasteiger partial charge in [0, 0.05) is 35.1 Å². The number of rotatable bonds is 7. The fourth-order valence-corrected chi connectivity index (χ4v) is 5.36. The Morgan fingerprint density at radius 3 is 2.03 bits per heavy atom. The number of hydrogen-bond acceptors (Lipinski definition) is 3. The van der Waals surface area contributed by atoms with Gasteiger partial charge in [-0.1, -0.05) is 85.8 Å². The number of aromatic nitrogens is 1. The van der Waals surface area contributed by atoms with Crippen LogP contribution in [0.15, 0.2) is 102 Å². The molecule has 5 heteroatoms. The lowest BCUT2D eigenvalue weighted by molar-refractivity contribution is 0.0933. The Morgan fingerprint density at radius 1 is 0.838 bits per heavy atom. The van der Waals surface area contributed by atoms with Crippen LogP contribution in [-0.2, 0) is 6.54 Å². The summed E-state index contributed by atoms with van der Waals surface area (Å²) in [7, 11) is 0. The largest absolute Gasteiger partial charge is 0.345 e. The van der Waals surface area contributed by atoms with Crippen molar-refractivity contribution >= 4 is 16.7 Å². The zero-order chi connectivity index (χ0) is 25.9. The highest BCUT2D eigenvalue weighted by atomic mass is 16.2. The highest BCUT2D eigenvalue weighted by Gasteiger charge is 2.29. The summed E-state index contributed by atoms with van der Waals surface area (Å²) in [6.07, 6.45) is 5.11. The third-order valence-electron chi connectivity index (χ3n) is 7.39. The van der Waals surface area contributed by atoms with Gasteiger partial charge in [-0.25, -0.2) is 0 Å². The van der Waals surface area contributed by atoms with Gasteiger partial charge in [-0.2, -0.15) is 0 Å². The number of fused-ring (bicyclic) bond motifs is 1. The fraction of sp³-hybridized carbons (Fsp3) is 0.250. The molecule has 5 rings (SSSR count). The number of para-hydroxylation sites is 1. The van der Waals surface area contributed by atoms with Crippen molar-refractivity contribution in [3.05, 3.63) is 124 Å². The highest BCUT2D eigenvalue weighted by molar-refractivity contribution is 6.08. The molecule has 0 aliphatic carbocycles. The molecule has 2 unspecified atom stereocenters. The Morgan fingerprint density at radius 2 is 1.41 bits per heavy atom. The fourth-order valence-electron chi connectivity index (χ4n) is 5.36. The molecule has 37 heavy (non-hydrogen) atoms. The second-order valence-electron chi connectivity index (χ2n) is 9.73. The minimum Gasteiger partial charge on any atom is -0.345 e. The van der Waals surface area contributed by atoms with E-state index in [2.05, 4.69) is 43.1 Å². The van der Waals surface area contributed by atoms with Gasteiger partial charge in [0.15, 0.2) is 0 Å². The van der Waals surface area contributed by atoms with E-state index >= 15 is 0 Å². The molecule has 0 radical (unpaired) electrons. The molecule has 0 fully saturated rings. The zero-order valence-corrected chi connectivity index (χ0v) is 21.6. The number of carbonyl (C=O) groups excluding carboxylic acids is 1. The molecule has 4 aromatic rings. The van der Waals surface area contributed by atoms with Crippen LogP contribution in [0.3, 0.4) is 0 Å². The van der Waals surface area contributed by atoms with Gasteiger partial charge in [0.05, 0.1) is 17.3 Å². The maximum Gasteiger partial charge on any atom is 0.263 e. The molecule has 1 amide bonds. The quantitative estimate of drug-likeness (QED) is 0.322. The van der Waals surface area contributed by atoms with Crippen LogP contribution >= 0.6 is 0 Å². The molecule has 0 bridgehead atoms. The van der Waals surface area contributed by atoms with E-state index in [1.807, 2.05) is 84.9 Å². The third-order valence-corrected chi connectivity index (χ3v) is 7.39. The molecule has 1 N–H and O–H groups in total. The number of nitrogens with zero attached hydrogens (tertiary/aromatic N) is 2. The van der Waals surface area contributed by atoms with Crippen LogP contribution in [0, 0.1) is 0 Å².